The van der Waals surface area contributed by atoms with Crippen molar-refractivity contribution in [1.29, 1.82) is 0 Å². The van der Waals surface area contributed by atoms with Crippen molar-refractivity contribution in [3.63, 3.8) is 0 Å². The van der Waals surface area contributed by atoms with Crippen LogP contribution in [0.25, 0.3) is 0 Å². The van der Waals surface area contributed by atoms with Gasteiger partial charge in [0.05, 0.1) is 11.4 Å². The third-order valence-electron chi connectivity index (χ3n) is 3.26. The molecular formula is C14H17ClN2O3S. The van der Waals surface area contributed by atoms with Crippen molar-refractivity contribution in [3.8, 4) is 0 Å². The molecule has 1 aromatic carbocycles. The van der Waals surface area contributed by atoms with Crippen LogP contribution < -0.4 is 0 Å². The summed E-state index contributed by atoms with van der Waals surface area (Å²) in [5.74, 6) is 0.220. The summed E-state index contributed by atoms with van der Waals surface area (Å²) in [7, 11) is 0. The van der Waals surface area contributed by atoms with Crippen LogP contribution >= 0.6 is 24.2 Å². The van der Waals surface area contributed by atoms with Gasteiger partial charge in [-0.25, -0.2) is 4.79 Å². The van der Waals surface area contributed by atoms with Gasteiger partial charge in [-0.2, -0.15) is 0 Å². The van der Waals surface area contributed by atoms with Gasteiger partial charge in [-0.3, -0.25) is 4.79 Å². The molecule has 114 valence electrons. The molecule has 0 bridgehead atoms. The SMILES string of the molecule is O=C(OCCCl)N1CCN(C(=O)c2ccccc2S)CC1. The number of thiol groups is 1. The van der Waals surface area contributed by atoms with Crippen molar-refractivity contribution >= 4 is 36.2 Å². The fraction of sp³-hybridized carbons (Fsp3) is 0.429. The third-order valence-corrected chi connectivity index (χ3v) is 3.81. The Morgan fingerprint density at radius 3 is 2.38 bits per heavy atom. The first-order valence-electron chi connectivity index (χ1n) is 6.68. The first kappa shape index (κ1) is 16.0. The van der Waals surface area contributed by atoms with Gasteiger partial charge in [0, 0.05) is 31.1 Å². The molecule has 5 nitrogen and oxygen atoms in total. The number of carbonyl (C=O) groups is 2. The van der Waals surface area contributed by atoms with E-state index >= 15 is 0 Å². The first-order chi connectivity index (χ1) is 10.1. The minimum absolute atomic E-state index is 0.0608. The van der Waals surface area contributed by atoms with Crippen LogP contribution in [0.3, 0.4) is 0 Å². The van der Waals surface area contributed by atoms with Gasteiger partial charge >= 0.3 is 6.09 Å². The highest BCUT2D eigenvalue weighted by Crippen LogP contribution is 2.16. The molecular weight excluding hydrogens is 312 g/mol. The molecule has 1 aliphatic heterocycles. The zero-order valence-electron chi connectivity index (χ0n) is 11.5. The number of hydrogen-bond acceptors (Lipinski definition) is 4. The predicted octanol–water partition coefficient (Wildman–Crippen LogP) is 2.11. The molecule has 1 aliphatic rings. The molecule has 0 atom stereocenters. The number of benzene rings is 1. The summed E-state index contributed by atoms with van der Waals surface area (Å²) < 4.78 is 4.97. The Morgan fingerprint density at radius 1 is 1.14 bits per heavy atom. The van der Waals surface area contributed by atoms with Crippen molar-refractivity contribution in [3.05, 3.63) is 29.8 Å². The minimum Gasteiger partial charge on any atom is -0.448 e. The topological polar surface area (TPSA) is 49.9 Å². The van der Waals surface area contributed by atoms with Crippen molar-refractivity contribution in [2.24, 2.45) is 0 Å². The Kier molecular flexibility index (Phi) is 5.76. The van der Waals surface area contributed by atoms with E-state index in [1.54, 1.807) is 21.9 Å². The van der Waals surface area contributed by atoms with Crippen molar-refractivity contribution in [2.75, 3.05) is 38.7 Å². The summed E-state index contributed by atoms with van der Waals surface area (Å²) in [6.45, 7) is 2.09. The standard InChI is InChI=1S/C14H17ClN2O3S/c15-5-10-20-14(19)17-8-6-16(7-9-17)13(18)11-3-1-2-4-12(11)21/h1-4,21H,5-10H2. The molecule has 1 saturated heterocycles. The lowest BCUT2D eigenvalue weighted by Crippen LogP contribution is -2.50. The maximum atomic E-state index is 12.4. The lowest BCUT2D eigenvalue weighted by molar-refractivity contribution is 0.0569. The van der Waals surface area contributed by atoms with Gasteiger partial charge in [-0.05, 0) is 12.1 Å². The molecule has 0 aliphatic carbocycles. The highest BCUT2D eigenvalue weighted by Gasteiger charge is 2.26. The highest BCUT2D eigenvalue weighted by atomic mass is 35.5. The molecule has 0 spiro atoms. The molecule has 1 heterocycles. The predicted molar refractivity (Wildman–Crippen MR) is 83.2 cm³/mol. The molecule has 0 saturated carbocycles. The smallest absolute Gasteiger partial charge is 0.409 e. The fourth-order valence-electron chi connectivity index (χ4n) is 2.13. The van der Waals surface area contributed by atoms with Gasteiger partial charge in [0.2, 0.25) is 0 Å². The zero-order chi connectivity index (χ0) is 15.2. The summed E-state index contributed by atoms with van der Waals surface area (Å²) in [4.78, 5) is 28.0. The van der Waals surface area contributed by atoms with Crippen LogP contribution in [0.2, 0.25) is 0 Å². The Bertz CT molecular complexity index is 519. The fourth-order valence-corrected chi connectivity index (χ4v) is 2.47. The van der Waals surface area contributed by atoms with Crippen molar-refractivity contribution in [2.45, 2.75) is 4.90 Å². The van der Waals surface area contributed by atoms with Gasteiger partial charge in [0.15, 0.2) is 0 Å². The van der Waals surface area contributed by atoms with Gasteiger partial charge in [0.1, 0.15) is 6.61 Å². The maximum absolute atomic E-state index is 12.4. The molecule has 1 fully saturated rings. The summed E-state index contributed by atoms with van der Waals surface area (Å²) in [6.07, 6.45) is -0.377. The van der Waals surface area contributed by atoms with E-state index in [0.29, 0.717) is 36.6 Å². The van der Waals surface area contributed by atoms with E-state index in [0.717, 1.165) is 0 Å². The maximum Gasteiger partial charge on any atom is 0.409 e. The van der Waals surface area contributed by atoms with Crippen LogP contribution in [0.4, 0.5) is 4.79 Å². The number of nitrogens with zero attached hydrogens (tertiary/aromatic N) is 2. The second-order valence-electron chi connectivity index (χ2n) is 4.60. The number of halogens is 1. The lowest BCUT2D eigenvalue weighted by atomic mass is 10.2. The minimum atomic E-state index is -0.377. The monoisotopic (exact) mass is 328 g/mol. The molecule has 21 heavy (non-hydrogen) atoms. The summed E-state index contributed by atoms with van der Waals surface area (Å²) in [6, 6.07) is 7.19. The Morgan fingerprint density at radius 2 is 1.76 bits per heavy atom. The lowest BCUT2D eigenvalue weighted by Gasteiger charge is -2.34. The van der Waals surface area contributed by atoms with Gasteiger partial charge in [-0.15, -0.1) is 24.2 Å². The van der Waals surface area contributed by atoms with E-state index in [1.807, 2.05) is 12.1 Å². The molecule has 2 amide bonds. The molecule has 2 rings (SSSR count). The van der Waals surface area contributed by atoms with E-state index in [-0.39, 0.29) is 24.5 Å². The van der Waals surface area contributed by atoms with E-state index in [1.165, 1.54) is 0 Å². The average Bonchev–Trinajstić information content (AvgIpc) is 2.52. The average molecular weight is 329 g/mol. The summed E-state index contributed by atoms with van der Waals surface area (Å²) in [5.41, 5.74) is 0.582. The van der Waals surface area contributed by atoms with E-state index < -0.39 is 0 Å². The van der Waals surface area contributed by atoms with Gasteiger partial charge in [0.25, 0.3) is 5.91 Å². The summed E-state index contributed by atoms with van der Waals surface area (Å²) >= 11 is 9.78. The molecule has 7 heteroatoms. The number of ether oxygens (including phenoxy) is 1. The van der Waals surface area contributed by atoms with Crippen LogP contribution in [-0.4, -0.2) is 60.5 Å². The van der Waals surface area contributed by atoms with E-state index in [2.05, 4.69) is 12.6 Å². The second kappa shape index (κ2) is 7.56. The second-order valence-corrected chi connectivity index (χ2v) is 5.46. The molecule has 0 aromatic heterocycles. The normalized spacial score (nSPS) is 15.0. The summed E-state index contributed by atoms with van der Waals surface area (Å²) in [5, 5.41) is 0. The number of hydrogen-bond donors (Lipinski definition) is 1. The molecule has 0 N–H and O–H groups in total. The molecule has 0 unspecified atom stereocenters. The first-order valence-corrected chi connectivity index (χ1v) is 7.66. The number of rotatable bonds is 3. The van der Waals surface area contributed by atoms with Crippen LogP contribution in [-0.2, 0) is 4.74 Å². The quantitative estimate of drug-likeness (QED) is 0.683. The Balaban J connectivity index is 1.91. The van der Waals surface area contributed by atoms with Gasteiger partial charge < -0.3 is 14.5 Å². The molecule has 1 aromatic rings. The van der Waals surface area contributed by atoms with Crippen LogP contribution in [0.5, 0.6) is 0 Å². The number of amides is 2. The largest absolute Gasteiger partial charge is 0.448 e. The number of piperazine rings is 1. The number of carbonyl (C=O) groups excluding carboxylic acids is 2. The van der Waals surface area contributed by atoms with Crippen LogP contribution in [0, 0.1) is 0 Å². The van der Waals surface area contributed by atoms with E-state index in [9.17, 15) is 9.59 Å². The Labute approximate surface area is 134 Å². The van der Waals surface area contributed by atoms with E-state index in [4.69, 9.17) is 16.3 Å². The van der Waals surface area contributed by atoms with Crippen molar-refractivity contribution < 1.29 is 14.3 Å². The zero-order valence-corrected chi connectivity index (χ0v) is 13.1. The van der Waals surface area contributed by atoms with Gasteiger partial charge in [-0.1, -0.05) is 12.1 Å². The Hall–Kier alpha value is -1.40. The number of alkyl halides is 1. The highest BCUT2D eigenvalue weighted by molar-refractivity contribution is 7.80. The van der Waals surface area contributed by atoms with Crippen molar-refractivity contribution in [1.82, 2.24) is 9.80 Å². The third kappa shape index (κ3) is 4.04. The van der Waals surface area contributed by atoms with Crippen LogP contribution in [0.1, 0.15) is 10.4 Å². The molecule has 0 radical (unpaired) electrons. The van der Waals surface area contributed by atoms with Crippen LogP contribution in [0.15, 0.2) is 29.2 Å².